The molecule has 2 heterocycles. The summed E-state index contributed by atoms with van der Waals surface area (Å²) in [7, 11) is 1.39. The number of pyridine rings is 1. The van der Waals surface area contributed by atoms with Gasteiger partial charge in [0.05, 0.1) is 6.20 Å². The fourth-order valence-corrected chi connectivity index (χ4v) is 2.02. The van der Waals surface area contributed by atoms with E-state index in [1.807, 2.05) is 0 Å². The third kappa shape index (κ3) is 3.24. The van der Waals surface area contributed by atoms with E-state index in [1.54, 1.807) is 0 Å². The van der Waals surface area contributed by atoms with Gasteiger partial charge in [0.25, 0.3) is 0 Å². The molecule has 90 valence electrons. The SMILES string of the molecule is O=S(=O)(Cl)Cc1cc(-c2ccc(F)cn2)on1. The Morgan fingerprint density at radius 2 is 2.18 bits per heavy atom. The maximum absolute atomic E-state index is 12.6. The van der Waals surface area contributed by atoms with Gasteiger partial charge >= 0.3 is 0 Å². The predicted octanol–water partition coefficient (Wildman–Crippen LogP) is 1.94. The van der Waals surface area contributed by atoms with Gasteiger partial charge in [0.1, 0.15) is 23.0 Å². The fraction of sp³-hybridized carbons (Fsp3) is 0.111. The third-order valence-electron chi connectivity index (χ3n) is 1.86. The van der Waals surface area contributed by atoms with Crippen LogP contribution in [0.1, 0.15) is 5.69 Å². The van der Waals surface area contributed by atoms with Crippen LogP contribution in [0.25, 0.3) is 11.5 Å². The second-order valence-electron chi connectivity index (χ2n) is 3.23. The van der Waals surface area contributed by atoms with Crippen molar-refractivity contribution in [2.75, 3.05) is 0 Å². The van der Waals surface area contributed by atoms with Crippen molar-refractivity contribution < 1.29 is 17.3 Å². The first-order valence-electron chi connectivity index (χ1n) is 4.44. The number of halogens is 2. The summed E-state index contributed by atoms with van der Waals surface area (Å²) in [6, 6.07) is 4.00. The maximum atomic E-state index is 12.6. The summed E-state index contributed by atoms with van der Waals surface area (Å²) in [5.41, 5.74) is 0.526. The molecule has 8 heteroatoms. The average Bonchev–Trinajstić information content (AvgIpc) is 2.64. The monoisotopic (exact) mass is 276 g/mol. The zero-order valence-corrected chi connectivity index (χ0v) is 9.87. The minimum Gasteiger partial charge on any atom is -0.354 e. The molecule has 0 aliphatic rings. The van der Waals surface area contributed by atoms with E-state index in [1.165, 1.54) is 18.2 Å². The lowest BCUT2D eigenvalue weighted by Crippen LogP contribution is -1.94. The molecular formula is C9H6ClFN2O3S. The molecule has 0 aliphatic carbocycles. The van der Waals surface area contributed by atoms with E-state index in [9.17, 15) is 12.8 Å². The summed E-state index contributed by atoms with van der Waals surface area (Å²) >= 11 is 0. The molecule has 2 aromatic heterocycles. The van der Waals surface area contributed by atoms with Crippen LogP contribution >= 0.6 is 10.7 Å². The van der Waals surface area contributed by atoms with E-state index in [-0.39, 0.29) is 11.5 Å². The molecule has 5 nitrogen and oxygen atoms in total. The molecule has 0 saturated heterocycles. The highest BCUT2D eigenvalue weighted by Crippen LogP contribution is 2.19. The second kappa shape index (κ2) is 4.42. The molecule has 0 aromatic carbocycles. The first-order chi connectivity index (χ1) is 7.94. The van der Waals surface area contributed by atoms with E-state index in [0.717, 1.165) is 6.20 Å². The Balaban J connectivity index is 2.27. The summed E-state index contributed by atoms with van der Waals surface area (Å²) in [6.45, 7) is 0. The number of hydrogen-bond donors (Lipinski definition) is 0. The predicted molar refractivity (Wildman–Crippen MR) is 58.2 cm³/mol. The van der Waals surface area contributed by atoms with Crippen LogP contribution in [-0.4, -0.2) is 18.6 Å². The summed E-state index contributed by atoms with van der Waals surface area (Å²) in [5.74, 6) is -0.656. The van der Waals surface area contributed by atoms with Gasteiger partial charge in [0, 0.05) is 16.7 Å². The Bertz CT molecular complexity index is 624. The molecule has 0 N–H and O–H groups in total. The van der Waals surface area contributed by atoms with E-state index in [2.05, 4.69) is 10.1 Å². The quantitative estimate of drug-likeness (QED) is 0.801. The summed E-state index contributed by atoms with van der Waals surface area (Å²) in [6.07, 6.45) is 1.02. The molecule has 0 bridgehead atoms. The highest BCUT2D eigenvalue weighted by atomic mass is 35.7. The van der Waals surface area contributed by atoms with Crippen LogP contribution in [0, 0.1) is 5.82 Å². The summed E-state index contributed by atoms with van der Waals surface area (Å²) < 4.78 is 39.1. The van der Waals surface area contributed by atoms with Gasteiger partial charge in [-0.1, -0.05) is 5.16 Å². The van der Waals surface area contributed by atoms with Gasteiger partial charge in [-0.2, -0.15) is 0 Å². The van der Waals surface area contributed by atoms with E-state index < -0.39 is 20.6 Å². The first kappa shape index (κ1) is 12.0. The summed E-state index contributed by atoms with van der Waals surface area (Å²) in [4.78, 5) is 3.77. The Morgan fingerprint density at radius 3 is 2.76 bits per heavy atom. The van der Waals surface area contributed by atoms with Crippen LogP contribution in [0.3, 0.4) is 0 Å². The zero-order valence-electron chi connectivity index (χ0n) is 8.30. The molecule has 0 amide bonds. The topological polar surface area (TPSA) is 73.1 Å². The number of rotatable bonds is 3. The van der Waals surface area contributed by atoms with Crippen LogP contribution in [-0.2, 0) is 14.8 Å². The largest absolute Gasteiger partial charge is 0.354 e. The zero-order chi connectivity index (χ0) is 12.5. The molecule has 17 heavy (non-hydrogen) atoms. The van der Waals surface area contributed by atoms with Gasteiger partial charge in [-0.25, -0.2) is 17.8 Å². The Hall–Kier alpha value is -1.47. The van der Waals surface area contributed by atoms with Crippen molar-refractivity contribution in [1.29, 1.82) is 0 Å². The van der Waals surface area contributed by atoms with Gasteiger partial charge in [0.15, 0.2) is 5.76 Å². The molecular weight excluding hydrogens is 271 g/mol. The fourth-order valence-electron chi connectivity index (χ4n) is 1.20. The minimum atomic E-state index is -3.68. The average molecular weight is 277 g/mol. The van der Waals surface area contributed by atoms with Gasteiger partial charge in [-0.15, -0.1) is 0 Å². The minimum absolute atomic E-state index is 0.168. The highest BCUT2D eigenvalue weighted by molar-refractivity contribution is 8.13. The van der Waals surface area contributed by atoms with Gasteiger partial charge in [-0.3, -0.25) is 0 Å². The lowest BCUT2D eigenvalue weighted by molar-refractivity contribution is 0.424. The lowest BCUT2D eigenvalue weighted by Gasteiger charge is -1.92. The molecule has 0 saturated carbocycles. The molecule has 0 fully saturated rings. The third-order valence-corrected chi connectivity index (χ3v) is 2.83. The Labute approximate surface area is 101 Å². The molecule has 0 unspecified atom stereocenters. The number of aromatic nitrogens is 2. The molecule has 0 spiro atoms. The maximum Gasteiger partial charge on any atom is 0.238 e. The van der Waals surface area contributed by atoms with Crippen molar-refractivity contribution in [3.8, 4) is 11.5 Å². The van der Waals surface area contributed by atoms with Crippen LogP contribution < -0.4 is 0 Å². The van der Waals surface area contributed by atoms with Crippen LogP contribution in [0.4, 0.5) is 4.39 Å². The Morgan fingerprint density at radius 1 is 1.41 bits per heavy atom. The molecule has 0 radical (unpaired) electrons. The van der Waals surface area contributed by atoms with Crippen molar-refractivity contribution in [2.24, 2.45) is 0 Å². The smallest absolute Gasteiger partial charge is 0.238 e. The van der Waals surface area contributed by atoms with Crippen LogP contribution in [0.15, 0.2) is 28.9 Å². The highest BCUT2D eigenvalue weighted by Gasteiger charge is 2.13. The number of nitrogens with zero attached hydrogens (tertiary/aromatic N) is 2. The first-order valence-corrected chi connectivity index (χ1v) is 6.92. The van der Waals surface area contributed by atoms with Crippen molar-refractivity contribution in [3.05, 3.63) is 35.9 Å². The van der Waals surface area contributed by atoms with Gasteiger partial charge in [0.2, 0.25) is 9.05 Å². The van der Waals surface area contributed by atoms with Crippen molar-refractivity contribution in [1.82, 2.24) is 10.1 Å². The summed E-state index contributed by atoms with van der Waals surface area (Å²) in [5, 5.41) is 3.53. The standard InChI is InChI=1S/C9H6ClFN2O3S/c10-17(14,15)5-7-3-9(16-13-7)8-2-1-6(11)4-12-8/h1-4H,5H2. The Kier molecular flexibility index (Phi) is 3.12. The molecule has 2 aromatic rings. The second-order valence-corrected chi connectivity index (χ2v) is 6.00. The van der Waals surface area contributed by atoms with E-state index >= 15 is 0 Å². The normalized spacial score (nSPS) is 11.6. The lowest BCUT2D eigenvalue weighted by atomic mass is 10.3. The molecule has 0 atom stereocenters. The van der Waals surface area contributed by atoms with Gasteiger partial charge in [-0.05, 0) is 12.1 Å². The molecule has 2 rings (SSSR count). The molecule has 0 aliphatic heterocycles. The number of hydrogen-bond acceptors (Lipinski definition) is 5. The van der Waals surface area contributed by atoms with Gasteiger partial charge < -0.3 is 4.52 Å². The van der Waals surface area contributed by atoms with Crippen LogP contribution in [0.2, 0.25) is 0 Å². The van der Waals surface area contributed by atoms with Crippen molar-refractivity contribution in [2.45, 2.75) is 5.75 Å². The van der Waals surface area contributed by atoms with E-state index in [4.69, 9.17) is 15.2 Å². The van der Waals surface area contributed by atoms with Crippen molar-refractivity contribution >= 4 is 19.7 Å². The van der Waals surface area contributed by atoms with Crippen molar-refractivity contribution in [3.63, 3.8) is 0 Å². The van der Waals surface area contributed by atoms with Crippen LogP contribution in [0.5, 0.6) is 0 Å². The van der Waals surface area contributed by atoms with E-state index in [0.29, 0.717) is 5.69 Å².